The van der Waals surface area contributed by atoms with Crippen LogP contribution in [-0.4, -0.2) is 22.2 Å². The molecule has 2 aromatic carbocycles. The monoisotopic (exact) mass is 383 g/mol. The fourth-order valence-corrected chi connectivity index (χ4v) is 3.38. The van der Waals surface area contributed by atoms with Gasteiger partial charge in [-0.3, -0.25) is 9.59 Å². The maximum Gasteiger partial charge on any atom is 0.280 e. The van der Waals surface area contributed by atoms with Gasteiger partial charge in [-0.2, -0.15) is 0 Å². The van der Waals surface area contributed by atoms with Crippen molar-refractivity contribution in [3.63, 3.8) is 0 Å². The van der Waals surface area contributed by atoms with Crippen LogP contribution >= 0.6 is 12.6 Å². The van der Waals surface area contributed by atoms with Crippen LogP contribution in [0.3, 0.4) is 0 Å². The number of benzene rings is 2. The molecule has 27 heavy (non-hydrogen) atoms. The number of hydrogen-bond donors (Lipinski definition) is 4. The summed E-state index contributed by atoms with van der Waals surface area (Å²) in [6, 6.07) is 14.1. The summed E-state index contributed by atoms with van der Waals surface area (Å²) in [5.74, 6) is -0.540. The van der Waals surface area contributed by atoms with E-state index >= 15 is 0 Å². The summed E-state index contributed by atoms with van der Waals surface area (Å²) in [7, 11) is 0. The molecule has 0 bridgehead atoms. The zero-order valence-electron chi connectivity index (χ0n) is 15.1. The van der Waals surface area contributed by atoms with E-state index in [0.717, 1.165) is 5.56 Å². The fourth-order valence-electron chi connectivity index (χ4n) is 3.09. The number of amides is 1. The van der Waals surface area contributed by atoms with Gasteiger partial charge in [0.05, 0.1) is 22.0 Å². The maximum atomic E-state index is 13.1. The van der Waals surface area contributed by atoms with Crippen molar-refractivity contribution in [2.45, 2.75) is 19.2 Å². The second-order valence-corrected chi connectivity index (χ2v) is 6.62. The molecule has 3 rings (SSSR count). The predicted octanol–water partition coefficient (Wildman–Crippen LogP) is 2.94. The molecule has 1 heterocycles. The number of thiol groups is 1. The normalized spacial score (nSPS) is 12.0. The van der Waals surface area contributed by atoms with Gasteiger partial charge < -0.3 is 15.8 Å². The van der Waals surface area contributed by atoms with Crippen LogP contribution in [0.4, 0.5) is 0 Å². The minimum Gasteiger partial charge on any atom is -0.507 e. The lowest BCUT2D eigenvalue weighted by Crippen LogP contribution is -2.35. The lowest BCUT2D eigenvalue weighted by atomic mass is 10.0. The van der Waals surface area contributed by atoms with Crippen LogP contribution in [0.25, 0.3) is 10.8 Å². The number of nitrogens with zero attached hydrogens (tertiary/aromatic N) is 1. The Balaban J connectivity index is 2.14. The smallest absolute Gasteiger partial charge is 0.280 e. The summed E-state index contributed by atoms with van der Waals surface area (Å²) >= 11 is 4.48. The highest BCUT2D eigenvalue weighted by molar-refractivity contribution is 7.80. The molecule has 1 aromatic heterocycles. The van der Waals surface area contributed by atoms with Crippen LogP contribution < -0.4 is 16.3 Å². The van der Waals surface area contributed by atoms with Gasteiger partial charge >= 0.3 is 0 Å². The van der Waals surface area contributed by atoms with Gasteiger partial charge in [-0.25, -0.2) is 4.68 Å². The number of pyridine rings is 1. The maximum absolute atomic E-state index is 13.1. The molecule has 0 spiro atoms. The van der Waals surface area contributed by atoms with Gasteiger partial charge in [0.2, 0.25) is 0 Å². The van der Waals surface area contributed by atoms with Crippen molar-refractivity contribution in [1.82, 2.24) is 9.99 Å². The first kappa shape index (κ1) is 18.8. The summed E-state index contributed by atoms with van der Waals surface area (Å²) in [6.07, 6.45) is 0. The molecule has 3 aromatic rings. The van der Waals surface area contributed by atoms with Crippen LogP contribution in [-0.2, 0) is 0 Å². The first-order valence-corrected chi connectivity index (χ1v) is 9.12. The Labute approximate surface area is 162 Å². The molecule has 0 aliphatic heterocycles. The van der Waals surface area contributed by atoms with Crippen molar-refractivity contribution in [1.29, 1.82) is 0 Å². The number of aromatic hydroxyl groups is 1. The summed E-state index contributed by atoms with van der Waals surface area (Å²) in [5.41, 5.74) is 4.17. The average Bonchev–Trinajstić information content (AvgIpc) is 2.65. The largest absolute Gasteiger partial charge is 0.507 e. The molecule has 0 aliphatic rings. The number of rotatable bonds is 5. The van der Waals surface area contributed by atoms with Crippen LogP contribution in [0.1, 0.15) is 33.9 Å². The molecule has 6 nitrogen and oxygen atoms in total. The summed E-state index contributed by atoms with van der Waals surface area (Å²) in [6.45, 7) is 4.03. The van der Waals surface area contributed by atoms with Crippen LogP contribution in [0.15, 0.2) is 53.3 Å². The lowest BCUT2D eigenvalue weighted by Gasteiger charge is -2.19. The van der Waals surface area contributed by atoms with Gasteiger partial charge in [-0.1, -0.05) is 42.5 Å². The zero-order valence-corrected chi connectivity index (χ0v) is 16.0. The molecular weight excluding hydrogens is 362 g/mol. The Morgan fingerprint density at radius 3 is 2.56 bits per heavy atom. The van der Waals surface area contributed by atoms with Crippen molar-refractivity contribution in [3.05, 3.63) is 75.7 Å². The molecule has 1 atom stereocenters. The minimum absolute atomic E-state index is 0.102. The second kappa shape index (κ2) is 7.75. The zero-order chi connectivity index (χ0) is 19.6. The van der Waals surface area contributed by atoms with Gasteiger partial charge in [0.15, 0.2) is 0 Å². The van der Waals surface area contributed by atoms with E-state index < -0.39 is 10.9 Å². The molecule has 1 amide bonds. The van der Waals surface area contributed by atoms with E-state index in [2.05, 4.69) is 23.4 Å². The number of carbonyl (C=O) groups excluding carboxylic acids is 1. The topological polar surface area (TPSA) is 83.4 Å². The Hall–Kier alpha value is -2.93. The van der Waals surface area contributed by atoms with Gasteiger partial charge in [0.25, 0.3) is 11.5 Å². The molecule has 7 heteroatoms. The van der Waals surface area contributed by atoms with E-state index in [0.29, 0.717) is 23.2 Å². The molecule has 0 unspecified atom stereocenters. The van der Waals surface area contributed by atoms with E-state index in [4.69, 9.17) is 0 Å². The van der Waals surface area contributed by atoms with Gasteiger partial charge in [-0.15, -0.1) is 12.6 Å². The van der Waals surface area contributed by atoms with Crippen LogP contribution in [0, 0.1) is 6.92 Å². The number of aromatic nitrogens is 1. The Morgan fingerprint density at radius 2 is 1.89 bits per heavy atom. The molecule has 0 saturated carbocycles. The SMILES string of the molecule is CCNn1c(C)c(C(=O)N[C@@H](S)c2ccccc2)c2cccc(O)c2c1=O. The Kier molecular flexibility index (Phi) is 5.41. The number of phenols is 1. The van der Waals surface area contributed by atoms with Gasteiger partial charge in [0.1, 0.15) is 5.75 Å². The number of nitrogens with one attached hydrogen (secondary N) is 2. The molecule has 0 aliphatic carbocycles. The van der Waals surface area contributed by atoms with Gasteiger partial charge in [0, 0.05) is 11.9 Å². The molecule has 0 radical (unpaired) electrons. The highest BCUT2D eigenvalue weighted by Crippen LogP contribution is 2.27. The number of hydrogen-bond acceptors (Lipinski definition) is 5. The Morgan fingerprint density at radius 1 is 1.19 bits per heavy atom. The standard InChI is InChI=1S/C20H21N3O3S/c1-3-21-23-12(2)16(14-10-7-11-15(24)17(14)20(23)26)18(25)22-19(27)13-8-5-4-6-9-13/h4-11,19,21,24,27H,3H2,1-2H3,(H,22,25)/t19-/m0/s1. The Bertz CT molecular complexity index is 1050. The first-order valence-electron chi connectivity index (χ1n) is 8.60. The molecule has 0 saturated heterocycles. The number of phenolic OH excluding ortho intramolecular Hbond substituents is 1. The number of carbonyl (C=O) groups is 1. The average molecular weight is 383 g/mol. The van der Waals surface area contributed by atoms with Crippen molar-refractivity contribution in [2.75, 3.05) is 12.0 Å². The molecule has 0 fully saturated rings. The molecule has 140 valence electrons. The highest BCUT2D eigenvalue weighted by atomic mass is 32.1. The minimum atomic E-state index is -0.509. The van der Waals surface area contributed by atoms with Crippen molar-refractivity contribution < 1.29 is 9.90 Å². The molecule has 3 N–H and O–H groups in total. The van der Waals surface area contributed by atoms with Crippen molar-refractivity contribution in [2.24, 2.45) is 0 Å². The van der Waals surface area contributed by atoms with E-state index in [1.807, 2.05) is 37.3 Å². The van der Waals surface area contributed by atoms with Crippen molar-refractivity contribution in [3.8, 4) is 5.75 Å². The molecular formula is C20H21N3O3S. The second-order valence-electron chi connectivity index (χ2n) is 6.10. The van der Waals surface area contributed by atoms with Crippen LogP contribution in [0.5, 0.6) is 5.75 Å². The quantitative estimate of drug-likeness (QED) is 0.403. The summed E-state index contributed by atoms with van der Waals surface area (Å²) in [4.78, 5) is 25.8. The summed E-state index contributed by atoms with van der Waals surface area (Å²) < 4.78 is 1.30. The predicted molar refractivity (Wildman–Crippen MR) is 110 cm³/mol. The van der Waals surface area contributed by atoms with E-state index in [-0.39, 0.29) is 17.0 Å². The summed E-state index contributed by atoms with van der Waals surface area (Å²) in [5, 5.41) is 13.1. The van der Waals surface area contributed by atoms with E-state index in [1.165, 1.54) is 10.7 Å². The third-order valence-electron chi connectivity index (χ3n) is 4.35. The third-order valence-corrected chi connectivity index (χ3v) is 4.78. The van der Waals surface area contributed by atoms with Crippen molar-refractivity contribution >= 4 is 29.3 Å². The van der Waals surface area contributed by atoms with Crippen LogP contribution in [0.2, 0.25) is 0 Å². The van der Waals surface area contributed by atoms with Gasteiger partial charge in [-0.05, 0) is 25.5 Å². The third kappa shape index (κ3) is 3.50. The number of fused-ring (bicyclic) bond motifs is 1. The highest BCUT2D eigenvalue weighted by Gasteiger charge is 2.22. The first-order chi connectivity index (χ1) is 13.0. The lowest BCUT2D eigenvalue weighted by molar-refractivity contribution is 0.0950. The fraction of sp³-hybridized carbons (Fsp3) is 0.200. The van der Waals surface area contributed by atoms with E-state index in [9.17, 15) is 14.7 Å². The van der Waals surface area contributed by atoms with E-state index in [1.54, 1.807) is 19.1 Å².